The van der Waals surface area contributed by atoms with E-state index < -0.39 is 0 Å². The molecule has 1 aromatic rings. The SMILES string of the molecule is COC(C)C[C@H](C)NCc1ccccc1. The van der Waals surface area contributed by atoms with Crippen molar-refractivity contribution < 1.29 is 4.74 Å². The number of methoxy groups -OCH3 is 1. The van der Waals surface area contributed by atoms with Gasteiger partial charge in [-0.25, -0.2) is 0 Å². The van der Waals surface area contributed by atoms with Crippen LogP contribution < -0.4 is 5.32 Å². The number of nitrogens with one attached hydrogen (secondary N) is 1. The minimum atomic E-state index is 0.322. The molecule has 0 aliphatic heterocycles. The van der Waals surface area contributed by atoms with Crippen LogP contribution >= 0.6 is 0 Å². The van der Waals surface area contributed by atoms with Gasteiger partial charge in [0, 0.05) is 19.7 Å². The van der Waals surface area contributed by atoms with Crippen LogP contribution in [0.5, 0.6) is 0 Å². The predicted molar refractivity (Wildman–Crippen MR) is 63.8 cm³/mol. The van der Waals surface area contributed by atoms with Crippen LogP contribution in [0.1, 0.15) is 25.8 Å². The Balaban J connectivity index is 2.25. The molecule has 1 rings (SSSR count). The lowest BCUT2D eigenvalue weighted by molar-refractivity contribution is 0.102. The third-order valence-corrected chi connectivity index (χ3v) is 2.59. The van der Waals surface area contributed by atoms with E-state index in [0.717, 1.165) is 13.0 Å². The highest BCUT2D eigenvalue weighted by molar-refractivity contribution is 5.14. The highest BCUT2D eigenvalue weighted by Crippen LogP contribution is 2.03. The Hall–Kier alpha value is -0.860. The molecule has 0 aromatic heterocycles. The lowest BCUT2D eigenvalue weighted by atomic mass is 10.1. The first-order valence-electron chi connectivity index (χ1n) is 5.52. The molecule has 15 heavy (non-hydrogen) atoms. The first-order valence-corrected chi connectivity index (χ1v) is 5.52. The number of hydrogen-bond donors (Lipinski definition) is 1. The molecule has 1 unspecified atom stereocenters. The Morgan fingerprint density at radius 1 is 1.20 bits per heavy atom. The van der Waals surface area contributed by atoms with Gasteiger partial charge in [-0.2, -0.15) is 0 Å². The van der Waals surface area contributed by atoms with E-state index in [4.69, 9.17) is 4.74 Å². The van der Waals surface area contributed by atoms with Crippen molar-refractivity contribution in [2.75, 3.05) is 7.11 Å². The van der Waals surface area contributed by atoms with Gasteiger partial charge in [0.25, 0.3) is 0 Å². The number of rotatable bonds is 6. The van der Waals surface area contributed by atoms with Crippen LogP contribution in [0.2, 0.25) is 0 Å². The molecule has 0 bridgehead atoms. The average molecular weight is 207 g/mol. The van der Waals surface area contributed by atoms with Crippen LogP contribution in [0.15, 0.2) is 30.3 Å². The summed E-state index contributed by atoms with van der Waals surface area (Å²) in [7, 11) is 1.76. The minimum absolute atomic E-state index is 0.322. The maximum Gasteiger partial charge on any atom is 0.0557 e. The predicted octanol–water partition coefficient (Wildman–Crippen LogP) is 2.59. The summed E-state index contributed by atoms with van der Waals surface area (Å²) in [5, 5.41) is 3.48. The van der Waals surface area contributed by atoms with Crippen LogP contribution in [-0.4, -0.2) is 19.3 Å². The van der Waals surface area contributed by atoms with Crippen molar-refractivity contribution in [1.82, 2.24) is 5.32 Å². The maximum absolute atomic E-state index is 5.23. The quantitative estimate of drug-likeness (QED) is 0.774. The molecule has 0 fully saturated rings. The molecule has 0 radical (unpaired) electrons. The van der Waals surface area contributed by atoms with E-state index >= 15 is 0 Å². The Labute approximate surface area is 92.6 Å². The zero-order valence-corrected chi connectivity index (χ0v) is 9.86. The van der Waals surface area contributed by atoms with Gasteiger partial charge in [0.05, 0.1) is 6.10 Å². The third kappa shape index (κ3) is 4.96. The second kappa shape index (κ2) is 6.59. The van der Waals surface area contributed by atoms with Crippen molar-refractivity contribution >= 4 is 0 Å². The molecule has 0 saturated heterocycles. The summed E-state index contributed by atoms with van der Waals surface area (Å²) < 4.78 is 5.23. The summed E-state index contributed by atoms with van der Waals surface area (Å²) in [4.78, 5) is 0. The molecule has 0 aliphatic carbocycles. The lowest BCUT2D eigenvalue weighted by Gasteiger charge is -2.17. The fourth-order valence-electron chi connectivity index (χ4n) is 1.57. The Bertz CT molecular complexity index is 260. The van der Waals surface area contributed by atoms with E-state index in [2.05, 4.69) is 43.4 Å². The second-order valence-electron chi connectivity index (χ2n) is 4.05. The maximum atomic E-state index is 5.23. The molecule has 0 aliphatic rings. The van der Waals surface area contributed by atoms with E-state index in [-0.39, 0.29) is 0 Å². The van der Waals surface area contributed by atoms with E-state index in [1.165, 1.54) is 5.56 Å². The zero-order chi connectivity index (χ0) is 11.1. The van der Waals surface area contributed by atoms with Crippen LogP contribution in [0.4, 0.5) is 0 Å². The molecule has 2 nitrogen and oxygen atoms in total. The van der Waals surface area contributed by atoms with Gasteiger partial charge in [-0.1, -0.05) is 30.3 Å². The van der Waals surface area contributed by atoms with Crippen molar-refractivity contribution in [3.63, 3.8) is 0 Å². The fraction of sp³-hybridized carbons (Fsp3) is 0.538. The molecule has 2 atom stereocenters. The molecule has 0 amide bonds. The largest absolute Gasteiger partial charge is 0.382 e. The summed E-state index contributed by atoms with van der Waals surface area (Å²) in [6, 6.07) is 10.9. The Morgan fingerprint density at radius 3 is 2.47 bits per heavy atom. The molecular weight excluding hydrogens is 186 g/mol. The molecule has 0 spiro atoms. The highest BCUT2D eigenvalue weighted by Gasteiger charge is 2.06. The molecule has 0 heterocycles. The summed E-state index contributed by atoms with van der Waals surface area (Å²) in [5.41, 5.74) is 1.33. The van der Waals surface area contributed by atoms with Crippen LogP contribution in [0, 0.1) is 0 Å². The van der Waals surface area contributed by atoms with E-state index in [0.29, 0.717) is 12.1 Å². The van der Waals surface area contributed by atoms with Crippen molar-refractivity contribution in [3.8, 4) is 0 Å². The van der Waals surface area contributed by atoms with Gasteiger partial charge in [0.1, 0.15) is 0 Å². The molecular formula is C13H21NO. The summed E-state index contributed by atoms with van der Waals surface area (Å²) in [5.74, 6) is 0. The standard InChI is InChI=1S/C13H21NO/c1-11(9-12(2)15-3)14-10-13-7-5-4-6-8-13/h4-8,11-12,14H,9-10H2,1-3H3/t11-,12?/m0/s1. The topological polar surface area (TPSA) is 21.3 Å². The van der Waals surface area contributed by atoms with Gasteiger partial charge in [0.15, 0.2) is 0 Å². The smallest absolute Gasteiger partial charge is 0.0557 e. The summed E-state index contributed by atoms with van der Waals surface area (Å²) in [6.45, 7) is 5.22. The first-order chi connectivity index (χ1) is 7.22. The van der Waals surface area contributed by atoms with E-state index in [1.807, 2.05) is 6.07 Å². The van der Waals surface area contributed by atoms with E-state index in [9.17, 15) is 0 Å². The van der Waals surface area contributed by atoms with Gasteiger partial charge in [-0.3, -0.25) is 0 Å². The van der Waals surface area contributed by atoms with E-state index in [1.54, 1.807) is 7.11 Å². The molecule has 2 heteroatoms. The first kappa shape index (κ1) is 12.2. The Morgan fingerprint density at radius 2 is 1.87 bits per heavy atom. The van der Waals surface area contributed by atoms with Crippen LogP contribution in [0.25, 0.3) is 0 Å². The van der Waals surface area contributed by atoms with Gasteiger partial charge < -0.3 is 10.1 Å². The van der Waals surface area contributed by atoms with Gasteiger partial charge >= 0.3 is 0 Å². The van der Waals surface area contributed by atoms with Gasteiger partial charge in [0.2, 0.25) is 0 Å². The highest BCUT2D eigenvalue weighted by atomic mass is 16.5. The minimum Gasteiger partial charge on any atom is -0.382 e. The second-order valence-corrected chi connectivity index (χ2v) is 4.05. The van der Waals surface area contributed by atoms with Crippen molar-refractivity contribution in [1.29, 1.82) is 0 Å². The molecule has 1 aromatic carbocycles. The third-order valence-electron chi connectivity index (χ3n) is 2.59. The van der Waals surface area contributed by atoms with Crippen molar-refractivity contribution in [2.24, 2.45) is 0 Å². The van der Waals surface area contributed by atoms with Crippen LogP contribution in [-0.2, 0) is 11.3 Å². The van der Waals surface area contributed by atoms with Crippen molar-refractivity contribution in [2.45, 2.75) is 39.0 Å². The fourth-order valence-corrected chi connectivity index (χ4v) is 1.57. The van der Waals surface area contributed by atoms with Crippen molar-refractivity contribution in [3.05, 3.63) is 35.9 Å². The number of hydrogen-bond acceptors (Lipinski definition) is 2. The molecule has 1 N–H and O–H groups in total. The summed E-state index contributed by atoms with van der Waals surface area (Å²) in [6.07, 6.45) is 1.37. The Kier molecular flexibility index (Phi) is 5.37. The number of ether oxygens (including phenoxy) is 1. The van der Waals surface area contributed by atoms with Crippen LogP contribution in [0.3, 0.4) is 0 Å². The molecule has 84 valence electrons. The van der Waals surface area contributed by atoms with Gasteiger partial charge in [-0.05, 0) is 25.8 Å². The molecule has 0 saturated carbocycles. The zero-order valence-electron chi connectivity index (χ0n) is 9.86. The van der Waals surface area contributed by atoms with Gasteiger partial charge in [-0.15, -0.1) is 0 Å². The summed E-state index contributed by atoms with van der Waals surface area (Å²) >= 11 is 0. The normalized spacial score (nSPS) is 14.9. The monoisotopic (exact) mass is 207 g/mol. The number of benzene rings is 1. The lowest BCUT2D eigenvalue weighted by Crippen LogP contribution is -2.29. The average Bonchev–Trinajstić information content (AvgIpc) is 2.27.